The molecule has 0 fully saturated rings. The highest BCUT2D eigenvalue weighted by Gasteiger charge is 2.36. The molecule has 3 aromatic carbocycles. The molecule has 0 amide bonds. The number of esters is 1. The summed E-state index contributed by atoms with van der Waals surface area (Å²) >= 11 is 17.6. The van der Waals surface area contributed by atoms with Crippen LogP contribution < -0.4 is 19.6 Å². The van der Waals surface area contributed by atoms with E-state index in [4.69, 9.17) is 37.7 Å². The number of aromatic nitrogens is 2. The molecule has 7 nitrogen and oxygen atoms in total. The number of ether oxygens (including phenoxy) is 2. The fraction of sp³-hybridized carbons (Fsp3) is 0.250. The monoisotopic (exact) mass is 751 g/mol. The SMILES string of the molecule is CCCC1=C(C(=O)OCC)[C@H](c2cc(Br)ccc2OC)n2c(s/c(=C/c3c(C)n(Cc4ccc(Cl)cc4Cl)c4ccccc34)c2=O)=N1. The van der Waals surface area contributed by atoms with E-state index in [0.29, 0.717) is 54.9 Å². The summed E-state index contributed by atoms with van der Waals surface area (Å²) in [6.07, 6.45) is 3.24. The first-order valence-corrected chi connectivity index (χ1v) is 17.6. The molecule has 0 bridgehead atoms. The molecule has 1 atom stereocenters. The number of rotatable bonds is 9. The van der Waals surface area contributed by atoms with Crippen LogP contribution in [0.5, 0.6) is 5.75 Å². The summed E-state index contributed by atoms with van der Waals surface area (Å²) in [5, 5.41) is 2.17. The average Bonchev–Trinajstić information content (AvgIpc) is 3.50. The topological polar surface area (TPSA) is 74.8 Å². The van der Waals surface area contributed by atoms with Gasteiger partial charge in [-0.05, 0) is 68.3 Å². The third-order valence-electron chi connectivity index (χ3n) is 8.28. The summed E-state index contributed by atoms with van der Waals surface area (Å²) in [6.45, 7) is 6.56. The number of carbonyl (C=O) groups excluding carboxylic acids is 1. The lowest BCUT2D eigenvalue weighted by atomic mass is 9.93. The fourth-order valence-electron chi connectivity index (χ4n) is 6.13. The Balaban J connectivity index is 1.60. The van der Waals surface area contributed by atoms with E-state index in [9.17, 15) is 9.59 Å². The summed E-state index contributed by atoms with van der Waals surface area (Å²) in [4.78, 5) is 33.6. The van der Waals surface area contributed by atoms with Crippen molar-refractivity contribution in [2.24, 2.45) is 4.99 Å². The minimum atomic E-state index is -0.795. The number of para-hydroxylation sites is 1. The maximum absolute atomic E-state index is 14.5. The minimum absolute atomic E-state index is 0.194. The van der Waals surface area contributed by atoms with Crippen molar-refractivity contribution >= 4 is 73.4 Å². The molecule has 0 radical (unpaired) electrons. The quantitative estimate of drug-likeness (QED) is 0.143. The van der Waals surface area contributed by atoms with E-state index >= 15 is 0 Å². The second-order valence-electron chi connectivity index (χ2n) is 11.1. The van der Waals surface area contributed by atoms with Crippen molar-refractivity contribution in [2.75, 3.05) is 13.7 Å². The number of benzene rings is 3. The van der Waals surface area contributed by atoms with Crippen LogP contribution in [-0.2, 0) is 16.1 Å². The number of nitrogens with zero attached hydrogens (tertiary/aromatic N) is 3. The van der Waals surface area contributed by atoms with Gasteiger partial charge in [-0.25, -0.2) is 9.79 Å². The standard InChI is InChI=1S/C36H32BrCl2N3O4S/c1-5-9-28-32(35(44)46-6-2)33(26-16-22(37)13-15-30(26)45-4)42-34(43)31(47-36(42)40-28)18-25-20(3)41(29-11-8-7-10-24(25)29)19-21-12-14-23(38)17-27(21)39/h7-8,10-18,33H,5-6,9,19H2,1-4H3/b31-18+/t33-/m0/s1. The predicted octanol–water partition coefficient (Wildman–Crippen LogP) is 7.97. The number of allylic oxidation sites excluding steroid dienone is 1. The van der Waals surface area contributed by atoms with E-state index in [1.807, 2.05) is 62.4 Å². The Hall–Kier alpha value is -3.63. The zero-order valence-corrected chi connectivity index (χ0v) is 30.2. The Morgan fingerprint density at radius 2 is 1.89 bits per heavy atom. The summed E-state index contributed by atoms with van der Waals surface area (Å²) in [6, 6.07) is 18.4. The summed E-state index contributed by atoms with van der Waals surface area (Å²) in [5.41, 5.74) is 5.21. The van der Waals surface area contributed by atoms with Crippen molar-refractivity contribution in [1.82, 2.24) is 9.13 Å². The molecule has 11 heteroatoms. The Kier molecular flexibility index (Phi) is 9.80. The van der Waals surface area contributed by atoms with Crippen molar-refractivity contribution in [3.63, 3.8) is 0 Å². The van der Waals surface area contributed by atoms with Gasteiger partial charge in [0.05, 0.1) is 29.5 Å². The Morgan fingerprint density at radius 1 is 1.11 bits per heavy atom. The molecule has 3 heterocycles. The van der Waals surface area contributed by atoms with E-state index in [1.54, 1.807) is 24.7 Å². The van der Waals surface area contributed by atoms with Crippen LogP contribution in [0.3, 0.4) is 0 Å². The molecule has 0 spiro atoms. The van der Waals surface area contributed by atoms with Gasteiger partial charge in [0, 0.05) is 48.8 Å². The Morgan fingerprint density at radius 3 is 2.62 bits per heavy atom. The molecule has 0 aliphatic carbocycles. The fourth-order valence-corrected chi connectivity index (χ4v) is 7.98. The number of methoxy groups -OCH3 is 1. The zero-order valence-electron chi connectivity index (χ0n) is 26.3. The molecule has 1 aliphatic heterocycles. The van der Waals surface area contributed by atoms with Crippen LogP contribution in [0.25, 0.3) is 17.0 Å². The molecule has 0 unspecified atom stereocenters. The largest absolute Gasteiger partial charge is 0.496 e. The number of hydrogen-bond acceptors (Lipinski definition) is 6. The number of hydrogen-bond donors (Lipinski definition) is 0. The van der Waals surface area contributed by atoms with Crippen molar-refractivity contribution in [1.29, 1.82) is 0 Å². The lowest BCUT2D eigenvalue weighted by Gasteiger charge is -2.27. The van der Waals surface area contributed by atoms with Crippen LogP contribution in [0, 0.1) is 6.92 Å². The third kappa shape index (κ3) is 6.22. The number of fused-ring (bicyclic) bond motifs is 2. The maximum atomic E-state index is 14.5. The van der Waals surface area contributed by atoms with Gasteiger partial charge in [0.1, 0.15) is 11.8 Å². The van der Waals surface area contributed by atoms with Gasteiger partial charge >= 0.3 is 5.97 Å². The van der Waals surface area contributed by atoms with Crippen LogP contribution in [-0.4, -0.2) is 28.8 Å². The van der Waals surface area contributed by atoms with Crippen LogP contribution >= 0.6 is 50.5 Å². The lowest BCUT2D eigenvalue weighted by Crippen LogP contribution is -2.40. The van der Waals surface area contributed by atoms with Gasteiger partial charge in [0.2, 0.25) is 0 Å². The number of carbonyl (C=O) groups is 1. The van der Waals surface area contributed by atoms with Gasteiger partial charge in [-0.2, -0.15) is 0 Å². The molecule has 6 rings (SSSR count). The van der Waals surface area contributed by atoms with E-state index < -0.39 is 12.0 Å². The highest BCUT2D eigenvalue weighted by molar-refractivity contribution is 9.10. The maximum Gasteiger partial charge on any atom is 0.338 e. The second kappa shape index (κ2) is 13.8. The second-order valence-corrected chi connectivity index (χ2v) is 13.9. The molecule has 1 aliphatic rings. The molecule has 5 aromatic rings. The van der Waals surface area contributed by atoms with Gasteiger partial charge in [-0.3, -0.25) is 9.36 Å². The van der Waals surface area contributed by atoms with Crippen molar-refractivity contribution in [3.8, 4) is 5.75 Å². The van der Waals surface area contributed by atoms with Crippen molar-refractivity contribution in [3.05, 3.63) is 129 Å². The molecule has 242 valence electrons. The first-order valence-electron chi connectivity index (χ1n) is 15.2. The van der Waals surface area contributed by atoms with Gasteiger partial charge in [0.15, 0.2) is 4.80 Å². The van der Waals surface area contributed by atoms with Crippen LogP contribution in [0.1, 0.15) is 55.1 Å². The number of halogens is 3. The molecular formula is C36H32BrCl2N3O4S. The Bertz CT molecular complexity index is 2250. The first kappa shape index (κ1) is 33.3. The van der Waals surface area contributed by atoms with E-state index in [0.717, 1.165) is 38.6 Å². The molecule has 0 saturated carbocycles. The van der Waals surface area contributed by atoms with E-state index in [2.05, 4.69) is 32.6 Å². The highest BCUT2D eigenvalue weighted by Crippen LogP contribution is 2.38. The van der Waals surface area contributed by atoms with Gasteiger partial charge in [-0.15, -0.1) is 0 Å². The first-order chi connectivity index (χ1) is 22.7. The van der Waals surface area contributed by atoms with E-state index in [-0.39, 0.29) is 12.2 Å². The van der Waals surface area contributed by atoms with E-state index in [1.165, 1.54) is 11.3 Å². The number of thiazole rings is 1. The molecule has 2 aromatic heterocycles. The molecular weight excluding hydrogens is 721 g/mol. The van der Waals surface area contributed by atoms with Gasteiger partial charge in [-0.1, -0.05) is 88.1 Å². The van der Waals surface area contributed by atoms with Crippen LogP contribution in [0.4, 0.5) is 0 Å². The summed E-state index contributed by atoms with van der Waals surface area (Å²) in [5.74, 6) is 0.0490. The third-order valence-corrected chi connectivity index (χ3v) is 10.3. The summed E-state index contributed by atoms with van der Waals surface area (Å²) < 4.78 is 16.4. The highest BCUT2D eigenvalue weighted by atomic mass is 79.9. The minimum Gasteiger partial charge on any atom is -0.496 e. The Labute approximate surface area is 294 Å². The predicted molar refractivity (Wildman–Crippen MR) is 193 cm³/mol. The van der Waals surface area contributed by atoms with Crippen molar-refractivity contribution < 1.29 is 14.3 Å². The van der Waals surface area contributed by atoms with Gasteiger partial charge < -0.3 is 14.0 Å². The van der Waals surface area contributed by atoms with Crippen molar-refractivity contribution in [2.45, 2.75) is 46.2 Å². The molecule has 0 N–H and O–H groups in total. The average molecular weight is 754 g/mol. The lowest BCUT2D eigenvalue weighted by molar-refractivity contribution is -0.139. The van der Waals surface area contributed by atoms with Crippen LogP contribution in [0.2, 0.25) is 10.0 Å². The normalized spacial score (nSPS) is 14.8. The van der Waals surface area contributed by atoms with Gasteiger partial charge in [0.25, 0.3) is 5.56 Å². The zero-order chi connectivity index (χ0) is 33.4. The van der Waals surface area contributed by atoms with Crippen LogP contribution in [0.15, 0.2) is 86.2 Å². The molecule has 47 heavy (non-hydrogen) atoms. The molecule has 0 saturated heterocycles. The summed E-state index contributed by atoms with van der Waals surface area (Å²) in [7, 11) is 1.58. The smallest absolute Gasteiger partial charge is 0.338 e.